The van der Waals surface area contributed by atoms with Crippen LogP contribution in [0.2, 0.25) is 0 Å². The normalized spacial score (nSPS) is 26.6. The molecule has 20 heavy (non-hydrogen) atoms. The van der Waals surface area contributed by atoms with Gasteiger partial charge in [-0.3, -0.25) is 0 Å². The summed E-state index contributed by atoms with van der Waals surface area (Å²) in [6, 6.07) is 7.71. The number of fused-ring (bicyclic) bond motifs is 1. The predicted octanol–water partition coefficient (Wildman–Crippen LogP) is 4.20. The van der Waals surface area contributed by atoms with Crippen LogP contribution in [0.25, 0.3) is 0 Å². The van der Waals surface area contributed by atoms with Crippen molar-refractivity contribution < 1.29 is 0 Å². The molecule has 2 aliphatic heterocycles. The molecule has 1 N–H and O–H groups in total. The maximum Gasteiger partial charge on any atom is 0.0422 e. The highest BCUT2D eigenvalue weighted by molar-refractivity contribution is 5.68. The predicted molar refractivity (Wildman–Crippen MR) is 85.6 cm³/mol. The van der Waals surface area contributed by atoms with Gasteiger partial charge in [-0.15, -0.1) is 0 Å². The molecule has 2 fully saturated rings. The van der Waals surface area contributed by atoms with Gasteiger partial charge in [-0.2, -0.15) is 0 Å². The minimum atomic E-state index is 0.825. The standard InChI is InChI=1S/C18H26N2/c1-2-7-14(6-1)17-11-5-13-20(17)18-10-3-9-16-15(18)8-4-12-19-16/h3,9-10,14,17,19H,1-2,4-8,11-13H2. The van der Waals surface area contributed by atoms with Crippen LogP contribution in [0.5, 0.6) is 0 Å². The molecular formula is C18H26N2. The second kappa shape index (κ2) is 5.31. The van der Waals surface area contributed by atoms with Crippen LogP contribution in [0.4, 0.5) is 11.4 Å². The van der Waals surface area contributed by atoms with Gasteiger partial charge in [0, 0.05) is 30.5 Å². The second-order valence-corrected chi connectivity index (χ2v) is 6.78. The summed E-state index contributed by atoms with van der Waals surface area (Å²) in [7, 11) is 0. The number of nitrogens with zero attached hydrogens (tertiary/aromatic N) is 1. The Balaban J connectivity index is 1.65. The van der Waals surface area contributed by atoms with Gasteiger partial charge in [-0.25, -0.2) is 0 Å². The molecule has 1 atom stereocenters. The highest BCUT2D eigenvalue weighted by atomic mass is 15.2. The summed E-state index contributed by atoms with van der Waals surface area (Å²) in [5, 5.41) is 3.58. The molecule has 1 unspecified atom stereocenters. The van der Waals surface area contributed by atoms with Gasteiger partial charge in [0.15, 0.2) is 0 Å². The molecule has 2 nitrogen and oxygen atoms in total. The van der Waals surface area contributed by atoms with Crippen molar-refractivity contribution in [2.45, 2.75) is 57.4 Å². The Bertz CT molecular complexity index is 476. The molecule has 1 saturated carbocycles. The molecule has 4 rings (SSSR count). The van der Waals surface area contributed by atoms with Gasteiger partial charge in [-0.05, 0) is 62.1 Å². The monoisotopic (exact) mass is 270 g/mol. The first kappa shape index (κ1) is 12.6. The number of rotatable bonds is 2. The zero-order valence-corrected chi connectivity index (χ0v) is 12.4. The summed E-state index contributed by atoms with van der Waals surface area (Å²) < 4.78 is 0. The van der Waals surface area contributed by atoms with Crippen LogP contribution >= 0.6 is 0 Å². The Kier molecular flexibility index (Phi) is 3.33. The van der Waals surface area contributed by atoms with Gasteiger partial charge in [0.25, 0.3) is 0 Å². The highest BCUT2D eigenvalue weighted by Gasteiger charge is 2.34. The molecule has 1 saturated heterocycles. The third kappa shape index (κ3) is 2.10. The molecule has 1 aromatic rings. The lowest BCUT2D eigenvalue weighted by Gasteiger charge is -2.34. The average Bonchev–Trinajstić information content (AvgIpc) is 3.17. The maximum atomic E-state index is 3.58. The zero-order valence-electron chi connectivity index (χ0n) is 12.4. The molecule has 0 bridgehead atoms. The number of benzene rings is 1. The first-order valence-electron chi connectivity index (χ1n) is 8.56. The van der Waals surface area contributed by atoms with E-state index in [0.29, 0.717) is 0 Å². The molecule has 0 spiro atoms. The fourth-order valence-corrected chi connectivity index (χ4v) is 4.68. The number of hydrogen-bond acceptors (Lipinski definition) is 2. The van der Waals surface area contributed by atoms with E-state index < -0.39 is 0 Å². The van der Waals surface area contributed by atoms with E-state index in [4.69, 9.17) is 0 Å². The van der Waals surface area contributed by atoms with Crippen molar-refractivity contribution in [1.29, 1.82) is 0 Å². The van der Waals surface area contributed by atoms with Gasteiger partial charge in [0.2, 0.25) is 0 Å². The van der Waals surface area contributed by atoms with Crippen molar-refractivity contribution in [1.82, 2.24) is 0 Å². The first-order chi connectivity index (χ1) is 9.93. The smallest absolute Gasteiger partial charge is 0.0422 e. The van der Waals surface area contributed by atoms with E-state index in [-0.39, 0.29) is 0 Å². The van der Waals surface area contributed by atoms with Crippen molar-refractivity contribution in [3.05, 3.63) is 23.8 Å². The molecule has 0 amide bonds. The Morgan fingerprint density at radius 2 is 1.90 bits per heavy atom. The summed E-state index contributed by atoms with van der Waals surface area (Å²) >= 11 is 0. The van der Waals surface area contributed by atoms with Crippen LogP contribution in [-0.2, 0) is 6.42 Å². The lowest BCUT2D eigenvalue weighted by Crippen LogP contribution is -2.35. The van der Waals surface area contributed by atoms with Crippen molar-refractivity contribution in [3.8, 4) is 0 Å². The minimum absolute atomic E-state index is 0.825. The molecule has 1 aromatic carbocycles. The Morgan fingerprint density at radius 1 is 1.00 bits per heavy atom. The lowest BCUT2D eigenvalue weighted by atomic mass is 9.94. The van der Waals surface area contributed by atoms with E-state index in [1.807, 2.05) is 0 Å². The fourth-order valence-electron chi connectivity index (χ4n) is 4.68. The third-order valence-electron chi connectivity index (χ3n) is 5.62. The van der Waals surface area contributed by atoms with E-state index in [9.17, 15) is 0 Å². The lowest BCUT2D eigenvalue weighted by molar-refractivity contribution is 0.430. The van der Waals surface area contributed by atoms with Crippen molar-refractivity contribution in [2.75, 3.05) is 23.3 Å². The highest BCUT2D eigenvalue weighted by Crippen LogP contribution is 2.41. The minimum Gasteiger partial charge on any atom is -0.385 e. The van der Waals surface area contributed by atoms with Gasteiger partial charge < -0.3 is 10.2 Å². The molecule has 2 heteroatoms. The van der Waals surface area contributed by atoms with Crippen molar-refractivity contribution in [3.63, 3.8) is 0 Å². The SMILES string of the molecule is c1cc2c(c(N3CCCC3C3CCCC3)c1)CCCN2. The first-order valence-corrected chi connectivity index (χ1v) is 8.56. The average molecular weight is 270 g/mol. The summed E-state index contributed by atoms with van der Waals surface area (Å²) in [5.41, 5.74) is 4.53. The molecule has 3 aliphatic rings. The van der Waals surface area contributed by atoms with Gasteiger partial charge in [0.1, 0.15) is 0 Å². The van der Waals surface area contributed by atoms with Crippen LogP contribution in [0.1, 0.15) is 50.5 Å². The molecule has 1 aliphatic carbocycles. The Morgan fingerprint density at radius 3 is 2.80 bits per heavy atom. The summed E-state index contributed by atoms with van der Waals surface area (Å²) in [5.74, 6) is 0.963. The van der Waals surface area contributed by atoms with Crippen LogP contribution in [-0.4, -0.2) is 19.1 Å². The van der Waals surface area contributed by atoms with Crippen LogP contribution in [0.15, 0.2) is 18.2 Å². The van der Waals surface area contributed by atoms with E-state index in [1.54, 1.807) is 11.3 Å². The Labute approximate surface area is 122 Å². The quantitative estimate of drug-likeness (QED) is 0.866. The molecule has 0 radical (unpaired) electrons. The van der Waals surface area contributed by atoms with E-state index in [0.717, 1.165) is 18.5 Å². The van der Waals surface area contributed by atoms with Crippen molar-refractivity contribution >= 4 is 11.4 Å². The zero-order chi connectivity index (χ0) is 13.4. The van der Waals surface area contributed by atoms with Crippen molar-refractivity contribution in [2.24, 2.45) is 5.92 Å². The second-order valence-electron chi connectivity index (χ2n) is 6.78. The molecule has 0 aromatic heterocycles. The topological polar surface area (TPSA) is 15.3 Å². The van der Waals surface area contributed by atoms with E-state index in [1.165, 1.54) is 63.6 Å². The number of hydrogen-bond donors (Lipinski definition) is 1. The molecule has 2 heterocycles. The van der Waals surface area contributed by atoms with E-state index in [2.05, 4.69) is 28.4 Å². The van der Waals surface area contributed by atoms with Gasteiger partial charge >= 0.3 is 0 Å². The fraction of sp³-hybridized carbons (Fsp3) is 0.667. The number of nitrogens with one attached hydrogen (secondary N) is 1. The summed E-state index contributed by atoms with van der Waals surface area (Å²) in [6.45, 7) is 2.42. The maximum absolute atomic E-state index is 3.58. The largest absolute Gasteiger partial charge is 0.385 e. The Hall–Kier alpha value is -1.18. The van der Waals surface area contributed by atoms with Crippen LogP contribution < -0.4 is 10.2 Å². The molecule has 108 valence electrons. The van der Waals surface area contributed by atoms with Crippen LogP contribution in [0, 0.1) is 5.92 Å². The van der Waals surface area contributed by atoms with Gasteiger partial charge in [-0.1, -0.05) is 18.9 Å². The molecular weight excluding hydrogens is 244 g/mol. The third-order valence-corrected chi connectivity index (χ3v) is 5.62. The van der Waals surface area contributed by atoms with Gasteiger partial charge in [0.05, 0.1) is 0 Å². The number of anilines is 2. The van der Waals surface area contributed by atoms with Crippen LogP contribution in [0.3, 0.4) is 0 Å². The summed E-state index contributed by atoms with van der Waals surface area (Å²) in [4.78, 5) is 2.77. The van der Waals surface area contributed by atoms with E-state index >= 15 is 0 Å². The summed E-state index contributed by atoms with van der Waals surface area (Å²) in [6.07, 6.45) is 11.2.